The Labute approximate surface area is 916 Å². The molecule has 2 aliphatic rings. The van der Waals surface area contributed by atoms with E-state index in [-0.39, 0.29) is 131 Å². The molecule has 9 atom stereocenters. The summed E-state index contributed by atoms with van der Waals surface area (Å²) in [5.74, 6) is -1.19. The number of carbonyl (C=O) groups excluding carboxylic acids is 13. The van der Waals surface area contributed by atoms with E-state index >= 15 is 0 Å². The SMILES string of the molecule is CC(=O)SC(C)C(=O)c1ccccn1.CC(Br)C(=O)c1cccc(C(=O)C(C)Br)n1.CC(Br)C(=O)c1ccccn1.CC(S)C(=O)c1ccccn1.CC(SC(C)C(=O)c1cccc(C(=O)C(C)SC(C)C(=O)c2ccccn2)n1)C(=O)c1ccccn1.CC1=C(c2ccccn2)NC(c2cccc(C3=C(C)S(=O)(=O)C(C)=C(c4ccccn4)N3)n2)=C(C)S1(=O)=O.CCC(=O)c1cccc(C(=O)CC)n1.CCC(=O)c1ccccn1. The van der Waals surface area contributed by atoms with E-state index in [2.05, 4.69) is 126 Å². The molecule has 150 heavy (non-hydrogen) atoms. The molecule has 9 unspecified atom stereocenters. The number of nitrogens with one attached hydrogen (secondary N) is 2. The molecule has 0 amide bonds. The van der Waals surface area contributed by atoms with Gasteiger partial charge in [-0.25, -0.2) is 36.8 Å². The number of allylic oxidation sites excluding steroid dienone is 4. The molecule has 12 aromatic rings. The van der Waals surface area contributed by atoms with Gasteiger partial charge in [0.15, 0.2) is 74.5 Å². The molecule has 0 aliphatic carbocycles. The number of hydrogen-bond donors (Lipinski definition) is 3. The average molecular weight is 2340 g/mol. The van der Waals surface area contributed by atoms with E-state index in [1.54, 1.807) is 338 Å². The topological polar surface area (TPSA) is 469 Å². The summed E-state index contributed by atoms with van der Waals surface area (Å²) in [4.78, 5) is 202. The van der Waals surface area contributed by atoms with Crippen LogP contribution in [0.4, 0.5) is 0 Å². The van der Waals surface area contributed by atoms with Crippen molar-refractivity contribution >= 4 is 213 Å². The second-order valence-electron chi connectivity index (χ2n) is 32.6. The maximum Gasteiger partial charge on any atom is 0.202 e. The minimum Gasteiger partial charge on any atom is -0.350 e. The molecule has 0 radical (unpaired) electrons. The first-order chi connectivity index (χ1) is 71.2. The molecule has 0 saturated heterocycles. The minimum atomic E-state index is -3.78. The number of carbonyl (C=O) groups is 13. The summed E-state index contributed by atoms with van der Waals surface area (Å²) in [6, 6.07) is 61.5. The highest BCUT2D eigenvalue weighted by molar-refractivity contribution is 9.10. The first kappa shape index (κ1) is 124. The van der Waals surface area contributed by atoms with Crippen LogP contribution in [0.1, 0.15) is 286 Å². The predicted octanol–water partition coefficient (Wildman–Crippen LogP) is 21.6. The summed E-state index contributed by atoms with van der Waals surface area (Å²) in [7, 11) is -7.55. The lowest BCUT2D eigenvalue weighted by Gasteiger charge is -2.26. The summed E-state index contributed by atoms with van der Waals surface area (Å²) in [6.45, 7) is 28.6. The number of alkyl halides is 3. The number of thioether (sulfide) groups is 3. The highest BCUT2D eigenvalue weighted by atomic mass is 79.9. The van der Waals surface area contributed by atoms with Crippen molar-refractivity contribution in [2.75, 3.05) is 0 Å². The molecule has 782 valence electrons. The van der Waals surface area contributed by atoms with Crippen LogP contribution in [-0.4, -0.2) is 197 Å². The fourth-order valence-corrected chi connectivity index (χ4v) is 19.5. The molecule has 0 fully saturated rings. The van der Waals surface area contributed by atoms with Gasteiger partial charge in [-0.2, -0.15) is 12.6 Å². The van der Waals surface area contributed by atoms with Crippen LogP contribution >= 0.6 is 95.7 Å². The number of Topliss-reactive ketones (excluding diaryl/α,β-unsaturated/α-hetero) is 12. The number of halogens is 3. The zero-order valence-electron chi connectivity index (χ0n) is 85.2. The van der Waals surface area contributed by atoms with Crippen molar-refractivity contribution in [2.24, 2.45) is 0 Å². The molecule has 0 aromatic carbocycles. The highest BCUT2D eigenvalue weighted by Crippen LogP contribution is 2.38. The van der Waals surface area contributed by atoms with Crippen LogP contribution in [0.5, 0.6) is 0 Å². The van der Waals surface area contributed by atoms with Gasteiger partial charge < -0.3 is 10.6 Å². The zero-order chi connectivity index (χ0) is 111. The van der Waals surface area contributed by atoms with Crippen molar-refractivity contribution in [1.29, 1.82) is 0 Å². The third-order valence-corrected chi connectivity index (χ3v) is 30.3. The van der Waals surface area contributed by atoms with E-state index in [0.717, 1.165) is 11.8 Å². The molecule has 12 aromatic heterocycles. The van der Waals surface area contributed by atoms with Crippen molar-refractivity contribution < 1.29 is 79.2 Å². The van der Waals surface area contributed by atoms with Crippen LogP contribution in [0.3, 0.4) is 0 Å². The van der Waals surface area contributed by atoms with Crippen LogP contribution in [0.15, 0.2) is 288 Å². The third kappa shape index (κ3) is 36.6. The Bertz CT molecular complexity index is 6810. The van der Waals surface area contributed by atoms with Gasteiger partial charge in [0.05, 0.1) is 111 Å². The van der Waals surface area contributed by atoms with Gasteiger partial charge >= 0.3 is 0 Å². The number of pyridine rings is 12. The smallest absolute Gasteiger partial charge is 0.202 e. The number of hydrogen-bond acceptors (Lipinski definition) is 35. The van der Waals surface area contributed by atoms with Crippen LogP contribution in [0.25, 0.3) is 22.8 Å². The number of nitrogens with zero attached hydrogens (tertiary/aromatic N) is 12. The van der Waals surface area contributed by atoms with E-state index < -0.39 is 40.7 Å². The summed E-state index contributed by atoms with van der Waals surface area (Å²) >= 11 is 17.0. The maximum atomic E-state index is 13.3. The standard InChI is InChI=1S/C27H25N5O4S2.C27H27N3O4S2.C11H11Br2NO2.C11H13NO2.C10H11NO2S.C8H8BrNO.C8H9NOS.C8H9NO/c1-16-24(20-10-5-7-14-28-20)31-26(18(3)37(16,33)34)22-12-9-13-23(30-22)27-19(4)38(35,36)17(2)25(32-27)21-11-6-8-15-29-21;1-16(24(31)20-10-5-7-14-28-20)35-18(3)26(33)22-12-9-13-23(30-22)27(34)19(4)36-17(2)25(32)21-11-6-8-15-29-21;1-6(12)10(15)8-4-3-5-9(14-8)11(16)7(2)13;1-3-10(13)8-6-5-7-9(12-8)11(14)4-2;1-7(14-8(2)12)10(13)9-5-3-4-6-11-9;1-6(9)8(11)7-4-2-3-5-10-7;1-6(11)8(10)7-4-2-3-5-9-7;1-2-8(10)7-5-3-4-6-9-7/h5-15,31-32H,1-4H3;5-19H,1-4H3;3-7H,1-2H3;5-7H,3-4H2,1-2H3;3-7H,1-2H3;2-6H,1H3;2-6,11H,1H3;3-6H,2H2,1H3. The molecule has 40 heteroatoms. The number of sulfone groups is 2. The molecular formula is C110H113Br3N14O17S6. The lowest BCUT2D eigenvalue weighted by molar-refractivity contribution is -0.109. The Hall–Kier alpha value is -13.2. The first-order valence-electron chi connectivity index (χ1n) is 46.8. The number of rotatable bonds is 33. The Morgan fingerprint density at radius 2 is 0.487 bits per heavy atom. The number of aromatic nitrogens is 12. The van der Waals surface area contributed by atoms with Crippen molar-refractivity contribution in [3.63, 3.8) is 0 Å². The van der Waals surface area contributed by atoms with E-state index in [0.29, 0.717) is 122 Å². The molecule has 14 heterocycles. The van der Waals surface area contributed by atoms with Gasteiger partial charge in [0, 0.05) is 75.8 Å². The largest absolute Gasteiger partial charge is 0.350 e. The molecular weight excluding hydrogens is 2220 g/mol. The van der Waals surface area contributed by atoms with Crippen molar-refractivity contribution in [3.05, 3.63) is 379 Å². The fourth-order valence-electron chi connectivity index (χ4n) is 13.1. The Balaban J connectivity index is 0.000000246. The zero-order valence-corrected chi connectivity index (χ0v) is 94.9. The number of ketones is 12. The third-order valence-electron chi connectivity index (χ3n) is 21.4. The molecule has 2 aliphatic heterocycles. The predicted molar refractivity (Wildman–Crippen MR) is 603 cm³/mol. The quantitative estimate of drug-likeness (QED) is 0.0195. The van der Waals surface area contributed by atoms with E-state index in [1.807, 2.05) is 13.0 Å². The highest BCUT2D eigenvalue weighted by Gasteiger charge is 2.36. The monoisotopic (exact) mass is 2330 g/mol. The molecule has 0 saturated carbocycles. The molecule has 31 nitrogen and oxygen atoms in total. The van der Waals surface area contributed by atoms with Crippen LogP contribution in [-0.2, 0) is 24.5 Å². The lowest BCUT2D eigenvalue weighted by Crippen LogP contribution is -2.27. The first-order valence-corrected chi connectivity index (χ1v) is 55.8. The van der Waals surface area contributed by atoms with Gasteiger partial charge in [-0.3, -0.25) is 102 Å². The average Bonchev–Trinajstić information content (AvgIpc) is 0.746. The fraction of sp³-hybridized carbons (Fsp3) is 0.264. The molecule has 0 bridgehead atoms. The Kier molecular flexibility index (Phi) is 50.5. The van der Waals surface area contributed by atoms with Gasteiger partial charge in [0.2, 0.25) is 19.7 Å². The summed E-state index contributed by atoms with van der Waals surface area (Å²) in [5, 5.41) is 3.71. The van der Waals surface area contributed by atoms with Crippen LogP contribution in [0, 0.1) is 0 Å². The van der Waals surface area contributed by atoms with Gasteiger partial charge in [-0.1, -0.05) is 153 Å². The second-order valence-corrected chi connectivity index (χ2v) is 46.8. The van der Waals surface area contributed by atoms with E-state index in [4.69, 9.17) is 4.98 Å². The van der Waals surface area contributed by atoms with Crippen LogP contribution < -0.4 is 10.6 Å². The van der Waals surface area contributed by atoms with Gasteiger partial charge in [0.1, 0.15) is 68.3 Å². The molecule has 2 N–H and O–H groups in total. The van der Waals surface area contributed by atoms with Gasteiger partial charge in [-0.15, -0.1) is 23.5 Å². The van der Waals surface area contributed by atoms with E-state index in [1.165, 1.54) is 58.1 Å². The Morgan fingerprint density at radius 1 is 0.273 bits per heavy atom. The van der Waals surface area contributed by atoms with Crippen molar-refractivity contribution in [1.82, 2.24) is 70.4 Å². The number of thiol groups is 1. The second kappa shape index (κ2) is 61.2. The molecule has 0 spiro atoms. The van der Waals surface area contributed by atoms with E-state index in [9.17, 15) is 79.2 Å². The normalized spacial score (nSPS) is 14.2. The van der Waals surface area contributed by atoms with Gasteiger partial charge in [-0.05, 0) is 236 Å². The molecule has 14 rings (SSSR count). The summed E-state index contributed by atoms with van der Waals surface area (Å²) < 4.78 is 53.3. The summed E-state index contributed by atoms with van der Waals surface area (Å²) in [5.41, 5.74) is 7.34. The van der Waals surface area contributed by atoms with Crippen molar-refractivity contribution in [2.45, 2.75) is 183 Å². The lowest BCUT2D eigenvalue weighted by atomic mass is 10.1. The Morgan fingerprint density at radius 3 is 0.753 bits per heavy atom. The van der Waals surface area contributed by atoms with Crippen LogP contribution in [0.2, 0.25) is 0 Å². The van der Waals surface area contributed by atoms with Crippen molar-refractivity contribution in [3.8, 4) is 0 Å². The van der Waals surface area contributed by atoms with Gasteiger partial charge in [0.25, 0.3) is 0 Å². The minimum absolute atomic E-state index is 0.0191. The summed E-state index contributed by atoms with van der Waals surface area (Å²) in [6.07, 6.45) is 14.1. The maximum absolute atomic E-state index is 13.3.